The first kappa shape index (κ1) is 23.0. The van der Waals surface area contributed by atoms with Crippen molar-refractivity contribution in [1.82, 2.24) is 16.0 Å². The molecule has 6 unspecified atom stereocenters. The zero-order chi connectivity index (χ0) is 22.0. The van der Waals surface area contributed by atoms with E-state index in [-0.39, 0.29) is 28.3 Å². The summed E-state index contributed by atoms with van der Waals surface area (Å²) in [5.41, 5.74) is 0.867. The molecular weight excluding hydrogens is 438 g/mol. The van der Waals surface area contributed by atoms with Gasteiger partial charge in [0.25, 0.3) is 0 Å². The number of rotatable bonds is 6. The van der Waals surface area contributed by atoms with Crippen molar-refractivity contribution in [3.05, 3.63) is 29.8 Å². The molecule has 6 atom stereocenters. The van der Waals surface area contributed by atoms with Crippen molar-refractivity contribution in [2.75, 3.05) is 20.2 Å². The summed E-state index contributed by atoms with van der Waals surface area (Å²) in [4.78, 5) is 12.9. The van der Waals surface area contributed by atoms with Gasteiger partial charge in [-0.3, -0.25) is 4.79 Å². The molecule has 0 bridgehead atoms. The van der Waals surface area contributed by atoms with Crippen LogP contribution in [0.4, 0.5) is 0 Å². The van der Waals surface area contributed by atoms with Gasteiger partial charge in [0.15, 0.2) is 9.84 Å². The molecule has 2 saturated heterocycles. The minimum atomic E-state index is -3.54. The minimum Gasteiger partial charge on any atom is -0.380 e. The summed E-state index contributed by atoms with van der Waals surface area (Å²) < 4.78 is 31.7. The SMILES string of the molecule is COC1CCC(Cl)CC1S(=O)(=O)c1ccc(CNC(=O)C2CC3CNCCC3N2)cc1. The lowest BCUT2D eigenvalue weighted by Crippen LogP contribution is -2.45. The van der Waals surface area contributed by atoms with Crippen molar-refractivity contribution in [3.8, 4) is 0 Å². The minimum absolute atomic E-state index is 0.00407. The van der Waals surface area contributed by atoms with Gasteiger partial charge in [-0.25, -0.2) is 8.42 Å². The van der Waals surface area contributed by atoms with E-state index in [0.29, 0.717) is 31.3 Å². The Balaban J connectivity index is 1.35. The van der Waals surface area contributed by atoms with Gasteiger partial charge >= 0.3 is 0 Å². The van der Waals surface area contributed by atoms with Crippen molar-refractivity contribution >= 4 is 27.3 Å². The van der Waals surface area contributed by atoms with Crippen molar-refractivity contribution in [2.45, 2.75) is 72.4 Å². The summed E-state index contributed by atoms with van der Waals surface area (Å²) in [6.45, 7) is 2.33. The predicted octanol–water partition coefficient (Wildman–Crippen LogP) is 1.59. The first-order valence-electron chi connectivity index (χ1n) is 11.1. The van der Waals surface area contributed by atoms with E-state index in [1.54, 1.807) is 31.4 Å². The highest BCUT2D eigenvalue weighted by Gasteiger charge is 2.40. The van der Waals surface area contributed by atoms with E-state index >= 15 is 0 Å². The van der Waals surface area contributed by atoms with Gasteiger partial charge in [0, 0.05) is 25.1 Å². The number of carbonyl (C=O) groups excluding carboxylic acids is 1. The molecule has 3 fully saturated rings. The van der Waals surface area contributed by atoms with Gasteiger partial charge in [0.05, 0.1) is 22.3 Å². The molecule has 1 aromatic rings. The van der Waals surface area contributed by atoms with Crippen molar-refractivity contribution in [2.24, 2.45) is 5.92 Å². The van der Waals surface area contributed by atoms with E-state index < -0.39 is 15.1 Å². The molecule has 2 heterocycles. The molecule has 31 heavy (non-hydrogen) atoms. The van der Waals surface area contributed by atoms with Crippen LogP contribution in [-0.2, 0) is 25.9 Å². The molecule has 1 saturated carbocycles. The maximum Gasteiger partial charge on any atom is 0.237 e. The Morgan fingerprint density at radius 1 is 1.19 bits per heavy atom. The van der Waals surface area contributed by atoms with Crippen LogP contribution in [0.5, 0.6) is 0 Å². The Morgan fingerprint density at radius 2 is 1.97 bits per heavy atom. The van der Waals surface area contributed by atoms with Crippen LogP contribution in [0.3, 0.4) is 0 Å². The van der Waals surface area contributed by atoms with Gasteiger partial charge in [-0.15, -0.1) is 11.6 Å². The van der Waals surface area contributed by atoms with Gasteiger partial charge in [-0.2, -0.15) is 0 Å². The van der Waals surface area contributed by atoms with Crippen LogP contribution in [0, 0.1) is 5.92 Å². The number of hydrogen-bond acceptors (Lipinski definition) is 6. The fourth-order valence-corrected chi connectivity index (χ4v) is 7.56. The van der Waals surface area contributed by atoms with E-state index in [4.69, 9.17) is 16.3 Å². The number of benzene rings is 1. The topological polar surface area (TPSA) is 96.5 Å². The standard InChI is InChI=1S/C22H32ClN3O4S/c1-30-20-7-4-16(23)11-21(20)31(28,29)17-5-2-14(3-6-17)12-25-22(27)19-10-15-13-24-9-8-18(15)26-19/h2-3,5-6,15-16,18-21,24,26H,4,7-13H2,1H3,(H,25,27). The van der Waals surface area contributed by atoms with E-state index in [1.807, 2.05) is 0 Å². The van der Waals surface area contributed by atoms with Gasteiger partial charge in [-0.05, 0) is 68.8 Å². The second-order valence-electron chi connectivity index (χ2n) is 8.94. The number of sulfone groups is 1. The van der Waals surface area contributed by atoms with E-state index in [0.717, 1.165) is 37.9 Å². The lowest BCUT2D eigenvalue weighted by molar-refractivity contribution is -0.123. The Labute approximate surface area is 189 Å². The fraction of sp³-hybridized carbons (Fsp3) is 0.682. The average Bonchev–Trinajstić information content (AvgIpc) is 3.22. The normalized spacial score (nSPS) is 33.6. The van der Waals surface area contributed by atoms with E-state index in [2.05, 4.69) is 16.0 Å². The number of methoxy groups -OCH3 is 1. The highest BCUT2D eigenvalue weighted by atomic mass is 35.5. The van der Waals surface area contributed by atoms with Crippen LogP contribution in [0.15, 0.2) is 29.2 Å². The van der Waals surface area contributed by atoms with Crippen LogP contribution in [0.1, 0.15) is 37.7 Å². The van der Waals surface area contributed by atoms with Crippen LogP contribution >= 0.6 is 11.6 Å². The fourth-order valence-electron chi connectivity index (χ4n) is 5.13. The zero-order valence-corrected chi connectivity index (χ0v) is 19.4. The molecule has 1 aliphatic carbocycles. The molecule has 4 rings (SSSR count). The predicted molar refractivity (Wildman–Crippen MR) is 120 cm³/mol. The molecule has 172 valence electrons. The summed E-state index contributed by atoms with van der Waals surface area (Å²) in [5.74, 6) is 0.515. The smallest absolute Gasteiger partial charge is 0.237 e. The third kappa shape index (κ3) is 5.09. The number of hydrogen-bond donors (Lipinski definition) is 3. The van der Waals surface area contributed by atoms with E-state index in [1.165, 1.54) is 0 Å². The summed E-state index contributed by atoms with van der Waals surface area (Å²) in [7, 11) is -1.99. The van der Waals surface area contributed by atoms with Gasteiger partial charge in [0.1, 0.15) is 0 Å². The molecule has 3 N–H and O–H groups in total. The van der Waals surface area contributed by atoms with Crippen LogP contribution in [0.2, 0.25) is 0 Å². The Morgan fingerprint density at radius 3 is 2.68 bits per heavy atom. The first-order valence-corrected chi connectivity index (χ1v) is 13.1. The summed E-state index contributed by atoms with van der Waals surface area (Å²) in [5, 5.41) is 9.04. The highest BCUT2D eigenvalue weighted by molar-refractivity contribution is 7.92. The van der Waals surface area contributed by atoms with Crippen LogP contribution < -0.4 is 16.0 Å². The number of nitrogens with one attached hydrogen (secondary N) is 3. The van der Waals surface area contributed by atoms with E-state index in [9.17, 15) is 13.2 Å². The van der Waals surface area contributed by atoms with Crippen molar-refractivity contribution < 1.29 is 17.9 Å². The summed E-state index contributed by atoms with van der Waals surface area (Å²) in [6.07, 6.45) is 3.37. The Kier molecular flexibility index (Phi) is 7.23. The number of ether oxygens (including phenoxy) is 1. The van der Waals surface area contributed by atoms with Crippen LogP contribution in [0.25, 0.3) is 0 Å². The number of piperidine rings is 1. The maximum absolute atomic E-state index is 13.2. The molecule has 9 heteroatoms. The molecule has 1 aromatic carbocycles. The molecular formula is C22H32ClN3O4S. The zero-order valence-electron chi connectivity index (χ0n) is 17.8. The monoisotopic (exact) mass is 469 g/mol. The first-order chi connectivity index (χ1) is 14.9. The quantitative estimate of drug-likeness (QED) is 0.547. The summed E-state index contributed by atoms with van der Waals surface area (Å²) >= 11 is 6.25. The maximum atomic E-state index is 13.2. The number of fused-ring (bicyclic) bond motifs is 1. The molecule has 1 amide bonds. The molecule has 0 spiro atoms. The second kappa shape index (κ2) is 9.75. The lowest BCUT2D eigenvalue weighted by Gasteiger charge is -2.32. The number of amides is 1. The third-order valence-electron chi connectivity index (χ3n) is 6.96. The third-order valence-corrected chi connectivity index (χ3v) is 9.58. The number of carbonyl (C=O) groups is 1. The molecule has 0 radical (unpaired) electrons. The lowest BCUT2D eigenvalue weighted by atomic mass is 9.94. The summed E-state index contributed by atoms with van der Waals surface area (Å²) in [6, 6.07) is 7.04. The Bertz CT molecular complexity index is 865. The van der Waals surface area contributed by atoms with Gasteiger partial charge in [-0.1, -0.05) is 12.1 Å². The van der Waals surface area contributed by atoms with Crippen LogP contribution in [-0.4, -0.2) is 63.3 Å². The number of halogens is 1. The average molecular weight is 470 g/mol. The molecule has 2 aliphatic heterocycles. The molecule has 0 aromatic heterocycles. The van der Waals surface area contributed by atoms with Crippen molar-refractivity contribution in [1.29, 1.82) is 0 Å². The highest BCUT2D eigenvalue weighted by Crippen LogP contribution is 2.33. The molecule has 7 nitrogen and oxygen atoms in total. The number of alkyl halides is 1. The second-order valence-corrected chi connectivity index (χ2v) is 11.7. The van der Waals surface area contributed by atoms with Gasteiger partial charge < -0.3 is 20.7 Å². The molecule has 3 aliphatic rings. The van der Waals surface area contributed by atoms with Crippen molar-refractivity contribution in [3.63, 3.8) is 0 Å². The van der Waals surface area contributed by atoms with Gasteiger partial charge in [0.2, 0.25) is 5.91 Å². The Hall–Kier alpha value is -1.19. The largest absolute Gasteiger partial charge is 0.380 e.